The molecule has 160 valence electrons. The van der Waals surface area contributed by atoms with Crippen molar-refractivity contribution in [1.82, 2.24) is 10.2 Å². The number of likely N-dealkylation sites (tertiary alicyclic amines) is 1. The van der Waals surface area contributed by atoms with Crippen LogP contribution < -0.4 is 15.4 Å². The van der Waals surface area contributed by atoms with E-state index in [0.29, 0.717) is 13.1 Å². The molecule has 1 aliphatic heterocycles. The molecule has 0 radical (unpaired) electrons. The van der Waals surface area contributed by atoms with Crippen LogP contribution in [0, 0.1) is 13.8 Å². The molecular formula is C24H31N3O3. The van der Waals surface area contributed by atoms with Crippen molar-refractivity contribution in [3.8, 4) is 5.75 Å². The smallest absolute Gasteiger partial charge is 0.317 e. The van der Waals surface area contributed by atoms with Crippen LogP contribution in [0.25, 0.3) is 0 Å². The molecule has 1 aliphatic rings. The third-order valence-corrected chi connectivity index (χ3v) is 5.41. The van der Waals surface area contributed by atoms with E-state index in [0.717, 1.165) is 35.4 Å². The molecule has 2 N–H and O–H groups in total. The molecule has 2 aromatic carbocycles. The van der Waals surface area contributed by atoms with Crippen LogP contribution in [0.1, 0.15) is 49.4 Å². The number of carbonyl (C=O) groups is 2. The highest BCUT2D eigenvalue weighted by Gasteiger charge is 2.25. The van der Waals surface area contributed by atoms with Crippen LogP contribution in [0.3, 0.4) is 0 Å². The van der Waals surface area contributed by atoms with Gasteiger partial charge in [-0.1, -0.05) is 24.3 Å². The van der Waals surface area contributed by atoms with Crippen molar-refractivity contribution in [3.05, 3.63) is 59.2 Å². The Morgan fingerprint density at radius 1 is 1.10 bits per heavy atom. The van der Waals surface area contributed by atoms with Crippen LogP contribution in [0.2, 0.25) is 0 Å². The minimum absolute atomic E-state index is 0.0717. The standard InChI is InChI=1S/C24H31N3O3/c1-16-8-9-17(2)23(14-16)30-22-10-12-27(13-11-22)24(29)25-18(3)20-6-5-7-21(15-20)26-19(4)28/h5-9,14-15,18,22H,10-13H2,1-4H3,(H,25,29)(H,26,28). The molecule has 0 aliphatic carbocycles. The summed E-state index contributed by atoms with van der Waals surface area (Å²) >= 11 is 0. The zero-order chi connectivity index (χ0) is 21.7. The Balaban J connectivity index is 1.51. The van der Waals surface area contributed by atoms with Gasteiger partial charge in [-0.15, -0.1) is 0 Å². The predicted octanol–water partition coefficient (Wildman–Crippen LogP) is 4.58. The monoisotopic (exact) mass is 409 g/mol. The first kappa shape index (κ1) is 21.7. The Labute approximate surface area is 178 Å². The third kappa shape index (κ3) is 5.75. The molecule has 1 atom stereocenters. The lowest BCUT2D eigenvalue weighted by atomic mass is 10.1. The maximum Gasteiger partial charge on any atom is 0.317 e. The maximum atomic E-state index is 12.7. The number of piperidine rings is 1. The van der Waals surface area contributed by atoms with Gasteiger partial charge in [-0.2, -0.15) is 0 Å². The molecule has 30 heavy (non-hydrogen) atoms. The van der Waals surface area contributed by atoms with Crippen LogP contribution in [-0.4, -0.2) is 36.0 Å². The molecule has 1 unspecified atom stereocenters. The number of ether oxygens (including phenoxy) is 1. The fourth-order valence-electron chi connectivity index (χ4n) is 3.64. The lowest BCUT2D eigenvalue weighted by molar-refractivity contribution is -0.114. The Morgan fingerprint density at radius 3 is 2.53 bits per heavy atom. The van der Waals surface area contributed by atoms with E-state index < -0.39 is 0 Å². The fraction of sp³-hybridized carbons (Fsp3) is 0.417. The van der Waals surface area contributed by atoms with E-state index in [2.05, 4.69) is 42.7 Å². The summed E-state index contributed by atoms with van der Waals surface area (Å²) in [6, 6.07) is 13.5. The lowest BCUT2D eigenvalue weighted by Gasteiger charge is -2.33. The van der Waals surface area contributed by atoms with Crippen LogP contribution in [0.5, 0.6) is 5.75 Å². The minimum Gasteiger partial charge on any atom is -0.490 e. The van der Waals surface area contributed by atoms with E-state index in [-0.39, 0.29) is 24.1 Å². The molecule has 1 heterocycles. The zero-order valence-electron chi connectivity index (χ0n) is 18.2. The Morgan fingerprint density at radius 2 is 1.83 bits per heavy atom. The second-order valence-electron chi connectivity index (χ2n) is 8.05. The van der Waals surface area contributed by atoms with Gasteiger partial charge in [0.15, 0.2) is 0 Å². The maximum absolute atomic E-state index is 12.7. The fourth-order valence-corrected chi connectivity index (χ4v) is 3.64. The number of hydrogen-bond acceptors (Lipinski definition) is 3. The summed E-state index contributed by atoms with van der Waals surface area (Å²) in [4.78, 5) is 25.8. The predicted molar refractivity (Wildman–Crippen MR) is 119 cm³/mol. The second-order valence-corrected chi connectivity index (χ2v) is 8.05. The summed E-state index contributed by atoms with van der Waals surface area (Å²) in [6.07, 6.45) is 1.75. The van der Waals surface area contributed by atoms with Crippen molar-refractivity contribution < 1.29 is 14.3 Å². The number of carbonyl (C=O) groups excluding carboxylic acids is 2. The highest BCUT2D eigenvalue weighted by atomic mass is 16.5. The number of amides is 3. The Kier molecular flexibility index (Phi) is 6.98. The number of nitrogens with one attached hydrogen (secondary N) is 2. The molecule has 3 rings (SSSR count). The summed E-state index contributed by atoms with van der Waals surface area (Å²) < 4.78 is 6.20. The van der Waals surface area contributed by atoms with Crippen LogP contribution in [0.4, 0.5) is 10.5 Å². The largest absolute Gasteiger partial charge is 0.490 e. The van der Waals surface area contributed by atoms with Crippen molar-refractivity contribution in [3.63, 3.8) is 0 Å². The molecule has 6 heteroatoms. The van der Waals surface area contributed by atoms with E-state index >= 15 is 0 Å². The quantitative estimate of drug-likeness (QED) is 0.760. The van der Waals surface area contributed by atoms with Gasteiger partial charge in [0.25, 0.3) is 0 Å². The molecule has 1 saturated heterocycles. The van der Waals surface area contributed by atoms with Crippen LogP contribution >= 0.6 is 0 Å². The van der Waals surface area contributed by atoms with E-state index in [9.17, 15) is 9.59 Å². The number of hydrogen-bond donors (Lipinski definition) is 2. The van der Waals surface area contributed by atoms with E-state index in [1.54, 1.807) is 0 Å². The summed E-state index contributed by atoms with van der Waals surface area (Å²) in [7, 11) is 0. The van der Waals surface area contributed by atoms with Crippen molar-refractivity contribution in [2.45, 2.75) is 52.7 Å². The first-order valence-electron chi connectivity index (χ1n) is 10.5. The average molecular weight is 410 g/mol. The van der Waals surface area contributed by atoms with Crippen molar-refractivity contribution in [2.75, 3.05) is 18.4 Å². The molecule has 0 spiro atoms. The van der Waals surface area contributed by atoms with Gasteiger partial charge in [0.05, 0.1) is 6.04 Å². The summed E-state index contributed by atoms with van der Waals surface area (Å²) in [5.74, 6) is 0.820. The van der Waals surface area contributed by atoms with E-state index in [1.807, 2.05) is 36.1 Å². The van der Waals surface area contributed by atoms with E-state index in [1.165, 1.54) is 12.5 Å². The van der Waals surface area contributed by atoms with Crippen molar-refractivity contribution in [1.29, 1.82) is 0 Å². The molecule has 1 fully saturated rings. The number of anilines is 1. The molecule has 3 amide bonds. The molecule has 6 nitrogen and oxygen atoms in total. The Hall–Kier alpha value is -3.02. The van der Waals surface area contributed by atoms with Crippen molar-refractivity contribution >= 4 is 17.6 Å². The highest BCUT2D eigenvalue weighted by molar-refractivity contribution is 5.88. The van der Waals surface area contributed by atoms with Gasteiger partial charge in [0.1, 0.15) is 11.9 Å². The Bertz CT molecular complexity index is 904. The molecular weight excluding hydrogens is 378 g/mol. The molecule has 0 saturated carbocycles. The number of urea groups is 1. The summed E-state index contributed by atoms with van der Waals surface area (Å²) in [5.41, 5.74) is 3.99. The molecule has 0 bridgehead atoms. The molecule has 2 aromatic rings. The van der Waals surface area contributed by atoms with E-state index in [4.69, 9.17) is 4.74 Å². The van der Waals surface area contributed by atoms with Gasteiger partial charge in [-0.25, -0.2) is 4.79 Å². The highest BCUT2D eigenvalue weighted by Crippen LogP contribution is 2.24. The minimum atomic E-state index is -0.157. The number of benzene rings is 2. The third-order valence-electron chi connectivity index (χ3n) is 5.41. The van der Waals surface area contributed by atoms with Gasteiger partial charge < -0.3 is 20.3 Å². The van der Waals surface area contributed by atoms with Crippen LogP contribution in [-0.2, 0) is 4.79 Å². The summed E-state index contributed by atoms with van der Waals surface area (Å²) in [5, 5.41) is 5.83. The van der Waals surface area contributed by atoms with Gasteiger partial charge in [-0.3, -0.25) is 4.79 Å². The first-order valence-corrected chi connectivity index (χ1v) is 10.5. The van der Waals surface area contributed by atoms with Gasteiger partial charge in [0.2, 0.25) is 5.91 Å². The van der Waals surface area contributed by atoms with Gasteiger partial charge in [0, 0.05) is 38.5 Å². The molecule has 0 aromatic heterocycles. The average Bonchev–Trinajstić information content (AvgIpc) is 2.71. The lowest BCUT2D eigenvalue weighted by Crippen LogP contribution is -2.47. The number of aryl methyl sites for hydroxylation is 2. The normalized spacial score (nSPS) is 15.4. The van der Waals surface area contributed by atoms with Gasteiger partial charge in [-0.05, 0) is 55.7 Å². The number of rotatable bonds is 5. The van der Waals surface area contributed by atoms with Gasteiger partial charge >= 0.3 is 6.03 Å². The number of nitrogens with zero attached hydrogens (tertiary/aromatic N) is 1. The second kappa shape index (κ2) is 9.65. The van der Waals surface area contributed by atoms with Crippen LogP contribution in [0.15, 0.2) is 42.5 Å². The topological polar surface area (TPSA) is 70.7 Å². The van der Waals surface area contributed by atoms with Crippen molar-refractivity contribution in [2.24, 2.45) is 0 Å². The SMILES string of the molecule is CC(=O)Nc1cccc(C(C)NC(=O)N2CCC(Oc3cc(C)ccc3C)CC2)c1. The zero-order valence-corrected chi connectivity index (χ0v) is 18.2. The summed E-state index contributed by atoms with van der Waals surface area (Å²) in [6.45, 7) is 8.87. The first-order chi connectivity index (χ1) is 14.3.